The summed E-state index contributed by atoms with van der Waals surface area (Å²) in [5.74, 6) is 0.582. The zero-order valence-electron chi connectivity index (χ0n) is 19.7. The van der Waals surface area contributed by atoms with Gasteiger partial charge >= 0.3 is 12.4 Å². The number of rotatable bonds is 8. The maximum absolute atomic E-state index is 12.5. The zero-order chi connectivity index (χ0) is 25.0. The van der Waals surface area contributed by atoms with Gasteiger partial charge in [-0.15, -0.1) is 13.2 Å². The second-order valence-corrected chi connectivity index (χ2v) is 7.15. The number of thioether (sulfide) groups is 1. The largest absolute Gasteiger partial charge is 0.573 e. The second kappa shape index (κ2) is 14.1. The number of alkyl halides is 3. The van der Waals surface area contributed by atoms with Crippen LogP contribution in [0.4, 0.5) is 18.0 Å². The summed E-state index contributed by atoms with van der Waals surface area (Å²) in [5.41, 5.74) is 0.678. The Kier molecular flexibility index (Phi) is 12.2. The summed E-state index contributed by atoms with van der Waals surface area (Å²) in [4.78, 5) is 15.5. The molecule has 1 fully saturated rings. The highest BCUT2D eigenvalue weighted by atomic mass is 32.2. The smallest absolute Gasteiger partial charge is 0.457 e. The maximum Gasteiger partial charge on any atom is 0.573 e. The minimum Gasteiger partial charge on any atom is -0.457 e. The number of hydrogen-bond donors (Lipinski definition) is 2. The number of carbonyl (C=O) groups excluding carboxylic acids is 1. The number of nitrogens with zero attached hydrogens (tertiary/aromatic N) is 2. The number of nitrogens with one attached hydrogen (secondary N) is 2. The summed E-state index contributed by atoms with van der Waals surface area (Å²) in [6, 6.07) is 4.96. The fraction of sp³-hybridized carbons (Fsp3) is 0.571. The van der Waals surface area contributed by atoms with Crippen molar-refractivity contribution in [2.75, 3.05) is 32.4 Å². The van der Waals surface area contributed by atoms with E-state index in [2.05, 4.69) is 15.4 Å². The Bertz CT molecular complexity index is 767. The molecule has 1 saturated heterocycles. The van der Waals surface area contributed by atoms with Crippen LogP contribution in [0, 0.1) is 0 Å². The quantitative estimate of drug-likeness (QED) is 0.520. The Morgan fingerprint density at radius 1 is 1.15 bits per heavy atom. The molecule has 0 aliphatic carbocycles. The van der Waals surface area contributed by atoms with Crippen LogP contribution >= 0.6 is 11.8 Å². The lowest BCUT2D eigenvalue weighted by Crippen LogP contribution is -2.57. The van der Waals surface area contributed by atoms with E-state index in [1.807, 2.05) is 34.0 Å². The van der Waals surface area contributed by atoms with E-state index < -0.39 is 18.9 Å². The van der Waals surface area contributed by atoms with Crippen molar-refractivity contribution >= 4 is 17.8 Å². The first-order valence-electron chi connectivity index (χ1n) is 10.6. The fourth-order valence-corrected chi connectivity index (χ4v) is 3.13. The number of urea groups is 1. The van der Waals surface area contributed by atoms with Crippen molar-refractivity contribution in [3.63, 3.8) is 0 Å². The van der Waals surface area contributed by atoms with Gasteiger partial charge in [0.2, 0.25) is 6.35 Å². The molecule has 1 aromatic rings. The van der Waals surface area contributed by atoms with Crippen molar-refractivity contribution < 1.29 is 32.2 Å². The van der Waals surface area contributed by atoms with E-state index in [-0.39, 0.29) is 24.3 Å². The Morgan fingerprint density at radius 2 is 1.82 bits per heavy atom. The Labute approximate surface area is 197 Å². The third-order valence-corrected chi connectivity index (χ3v) is 4.73. The van der Waals surface area contributed by atoms with Crippen molar-refractivity contribution in [3.8, 4) is 11.5 Å². The number of ether oxygens (including phenoxy) is 3. The second-order valence-electron chi connectivity index (χ2n) is 6.17. The lowest BCUT2D eigenvalue weighted by molar-refractivity contribution is -0.274. The van der Waals surface area contributed by atoms with Gasteiger partial charge in [-0.3, -0.25) is 9.80 Å². The van der Waals surface area contributed by atoms with Gasteiger partial charge in [0.15, 0.2) is 0 Å². The molecule has 2 amide bonds. The number of amides is 2. The molecule has 8 nitrogen and oxygen atoms in total. The van der Waals surface area contributed by atoms with Gasteiger partial charge in [-0.05, 0) is 18.4 Å². The first kappa shape index (κ1) is 28.7. The number of likely N-dealkylation sites (N-methyl/N-ethyl adjacent to an activating group) is 1. The predicted octanol–water partition coefficient (Wildman–Crippen LogP) is 4.36. The molecule has 0 saturated carbocycles. The number of hydrogen-bond acceptors (Lipinski definition) is 7. The first-order chi connectivity index (χ1) is 15.8. The maximum atomic E-state index is 12.5. The summed E-state index contributed by atoms with van der Waals surface area (Å²) < 4.78 is 52.3. The highest BCUT2D eigenvalue weighted by Gasteiger charge is 2.43. The van der Waals surface area contributed by atoms with Gasteiger partial charge in [0.25, 0.3) is 0 Å². The highest BCUT2D eigenvalue weighted by molar-refractivity contribution is 7.98. The average Bonchev–Trinajstić information content (AvgIpc) is 3.03. The summed E-state index contributed by atoms with van der Waals surface area (Å²) in [6.45, 7) is 8.60. The highest BCUT2D eigenvalue weighted by Crippen LogP contribution is 2.28. The van der Waals surface area contributed by atoms with Crippen LogP contribution in [0.3, 0.4) is 0 Å². The van der Waals surface area contributed by atoms with Gasteiger partial charge < -0.3 is 19.5 Å². The zero-order valence-corrected chi connectivity index (χ0v) is 20.5. The molecular weight excluding hydrogens is 461 g/mol. The molecule has 2 aliphatic heterocycles. The SMILES string of the molecule is CC.CC.CSCCOCN1C(=O)N(C)C2=CNC(Oc3cccc(OC(F)(F)F)c3)NC21. The minimum atomic E-state index is -4.79. The van der Waals surface area contributed by atoms with Crippen LogP contribution in [0.2, 0.25) is 0 Å². The molecular formula is C21H33F3N4O4S. The normalized spacial score (nSPS) is 19.3. The minimum absolute atomic E-state index is 0.0976. The van der Waals surface area contributed by atoms with E-state index >= 15 is 0 Å². The van der Waals surface area contributed by atoms with Crippen LogP contribution < -0.4 is 20.1 Å². The van der Waals surface area contributed by atoms with Crippen LogP contribution in [0.1, 0.15) is 27.7 Å². The topological polar surface area (TPSA) is 75.3 Å². The van der Waals surface area contributed by atoms with Crippen molar-refractivity contribution in [2.24, 2.45) is 0 Å². The van der Waals surface area contributed by atoms with E-state index in [0.717, 1.165) is 11.8 Å². The third kappa shape index (κ3) is 8.52. The molecule has 12 heteroatoms. The summed E-state index contributed by atoms with van der Waals surface area (Å²) >= 11 is 1.64. The van der Waals surface area contributed by atoms with Crippen LogP contribution in [-0.4, -0.2) is 67.1 Å². The lowest BCUT2D eigenvalue weighted by Gasteiger charge is -2.32. The Morgan fingerprint density at radius 3 is 2.45 bits per heavy atom. The number of carbonyl (C=O) groups is 1. The third-order valence-electron chi connectivity index (χ3n) is 4.16. The van der Waals surface area contributed by atoms with E-state index in [4.69, 9.17) is 9.47 Å². The summed E-state index contributed by atoms with van der Waals surface area (Å²) in [6.07, 6.45) is -2.48. The Hall–Kier alpha value is -2.31. The molecule has 0 spiro atoms. The number of fused-ring (bicyclic) bond motifs is 1. The lowest BCUT2D eigenvalue weighted by atomic mass is 10.3. The Balaban J connectivity index is 0.00000129. The molecule has 33 heavy (non-hydrogen) atoms. The molecule has 3 rings (SSSR count). The van der Waals surface area contributed by atoms with Crippen molar-refractivity contribution in [1.82, 2.24) is 20.4 Å². The monoisotopic (exact) mass is 494 g/mol. The molecule has 0 aromatic heterocycles. The molecule has 0 bridgehead atoms. The molecule has 2 atom stereocenters. The van der Waals surface area contributed by atoms with Crippen molar-refractivity contribution in [1.29, 1.82) is 0 Å². The van der Waals surface area contributed by atoms with E-state index in [1.165, 1.54) is 28.0 Å². The molecule has 188 valence electrons. The molecule has 1 aromatic carbocycles. The van der Waals surface area contributed by atoms with Crippen LogP contribution in [0.25, 0.3) is 0 Å². The summed E-state index contributed by atoms with van der Waals surface area (Å²) in [5, 5.41) is 6.03. The van der Waals surface area contributed by atoms with Gasteiger partial charge in [0.05, 0.1) is 12.3 Å². The van der Waals surface area contributed by atoms with Crippen molar-refractivity contribution in [2.45, 2.75) is 46.6 Å². The predicted molar refractivity (Wildman–Crippen MR) is 123 cm³/mol. The fourth-order valence-electron chi connectivity index (χ4n) is 2.84. The van der Waals surface area contributed by atoms with Gasteiger partial charge in [0, 0.05) is 25.1 Å². The molecule has 2 unspecified atom stereocenters. The van der Waals surface area contributed by atoms with E-state index in [1.54, 1.807) is 25.0 Å². The number of halogens is 3. The van der Waals surface area contributed by atoms with E-state index in [9.17, 15) is 18.0 Å². The standard InChI is InChI=1S/C17H21F3N4O4S.2C2H6/c1-23-13-9-21-15(22-14(13)24(16(23)25)10-26-6-7-29-2)27-11-4-3-5-12(8-11)28-17(18,19)20;2*1-2/h3-5,8-9,14-15,21-22H,6-7,10H2,1-2H3;2*1-2H3. The van der Waals surface area contributed by atoms with Gasteiger partial charge in [-0.25, -0.2) is 10.1 Å². The van der Waals surface area contributed by atoms with Crippen LogP contribution in [0.5, 0.6) is 11.5 Å². The summed E-state index contributed by atoms with van der Waals surface area (Å²) in [7, 11) is 1.64. The van der Waals surface area contributed by atoms with Gasteiger partial charge in [-0.2, -0.15) is 11.8 Å². The average molecular weight is 495 g/mol. The van der Waals surface area contributed by atoms with Crippen LogP contribution in [-0.2, 0) is 4.74 Å². The molecule has 2 heterocycles. The van der Waals surface area contributed by atoms with Gasteiger partial charge in [-0.1, -0.05) is 33.8 Å². The van der Waals surface area contributed by atoms with Crippen LogP contribution in [0.15, 0.2) is 36.2 Å². The van der Waals surface area contributed by atoms with Crippen molar-refractivity contribution in [3.05, 3.63) is 36.2 Å². The first-order valence-corrected chi connectivity index (χ1v) is 12.0. The molecule has 2 aliphatic rings. The molecule has 0 radical (unpaired) electrons. The van der Waals surface area contributed by atoms with Gasteiger partial charge in [0.1, 0.15) is 24.4 Å². The number of benzene rings is 1. The van der Waals surface area contributed by atoms with E-state index in [0.29, 0.717) is 12.3 Å². The molecule has 2 N–H and O–H groups in total.